The Balaban J connectivity index is 1.83. The van der Waals surface area contributed by atoms with Crippen molar-refractivity contribution in [1.29, 1.82) is 0 Å². The van der Waals surface area contributed by atoms with Crippen molar-refractivity contribution in [2.75, 3.05) is 24.2 Å². The van der Waals surface area contributed by atoms with Crippen LogP contribution in [0.1, 0.15) is 37.9 Å². The quantitative estimate of drug-likeness (QED) is 0.822. The Morgan fingerprint density at radius 2 is 1.94 bits per heavy atom. The van der Waals surface area contributed by atoms with Crippen LogP contribution in [0.5, 0.6) is 0 Å². The van der Waals surface area contributed by atoms with Crippen molar-refractivity contribution in [1.82, 2.24) is 9.97 Å². The third-order valence-electron chi connectivity index (χ3n) is 3.43. The summed E-state index contributed by atoms with van der Waals surface area (Å²) in [5.41, 5.74) is 0. The van der Waals surface area contributed by atoms with Crippen LogP contribution in [0, 0.1) is 12.8 Å². The minimum Gasteiger partial charge on any atom is -0.373 e. The monoisotopic (exact) mass is 234 g/mol. The molecule has 0 aliphatic heterocycles. The fourth-order valence-electron chi connectivity index (χ4n) is 2.49. The van der Waals surface area contributed by atoms with E-state index in [-0.39, 0.29) is 0 Å². The van der Waals surface area contributed by atoms with Crippen LogP contribution in [-0.4, -0.2) is 23.6 Å². The molecule has 0 unspecified atom stereocenters. The maximum atomic E-state index is 4.38. The van der Waals surface area contributed by atoms with Crippen LogP contribution in [0.2, 0.25) is 0 Å². The highest BCUT2D eigenvalue weighted by molar-refractivity contribution is 5.46. The molecular weight excluding hydrogens is 212 g/mol. The fourth-order valence-corrected chi connectivity index (χ4v) is 2.49. The third-order valence-corrected chi connectivity index (χ3v) is 3.43. The molecule has 1 fully saturated rings. The summed E-state index contributed by atoms with van der Waals surface area (Å²) in [6.07, 6.45) is 6.92. The first-order valence-electron chi connectivity index (χ1n) is 6.55. The molecule has 17 heavy (non-hydrogen) atoms. The normalized spacial score (nSPS) is 16.1. The minimum absolute atomic E-state index is 0.806. The van der Waals surface area contributed by atoms with Gasteiger partial charge in [-0.05, 0) is 19.3 Å². The van der Waals surface area contributed by atoms with Gasteiger partial charge < -0.3 is 10.6 Å². The molecule has 0 bridgehead atoms. The summed E-state index contributed by atoms with van der Waals surface area (Å²) in [5.74, 6) is 3.54. The lowest BCUT2D eigenvalue weighted by Crippen LogP contribution is -2.09. The molecule has 94 valence electrons. The van der Waals surface area contributed by atoms with Crippen molar-refractivity contribution in [3.8, 4) is 0 Å². The largest absolute Gasteiger partial charge is 0.373 e. The summed E-state index contributed by atoms with van der Waals surface area (Å²) in [4.78, 5) is 8.66. The zero-order valence-corrected chi connectivity index (χ0v) is 10.8. The molecule has 0 aromatic carbocycles. The number of nitrogens with zero attached hydrogens (tertiary/aromatic N) is 2. The van der Waals surface area contributed by atoms with Crippen molar-refractivity contribution in [2.45, 2.75) is 39.0 Å². The van der Waals surface area contributed by atoms with Crippen LogP contribution in [0.15, 0.2) is 6.07 Å². The predicted molar refractivity (Wildman–Crippen MR) is 71.4 cm³/mol. The van der Waals surface area contributed by atoms with E-state index in [0.29, 0.717) is 0 Å². The fraction of sp³-hybridized carbons (Fsp3) is 0.692. The highest BCUT2D eigenvalue weighted by Gasteiger charge is 2.14. The molecule has 1 aromatic heterocycles. The number of aromatic nitrogens is 2. The maximum Gasteiger partial charge on any atom is 0.131 e. The SMILES string of the molecule is CNc1cc(NCCC2CCCC2)nc(C)n1. The van der Waals surface area contributed by atoms with Gasteiger partial charge in [0.05, 0.1) is 0 Å². The Labute approximate surface area is 103 Å². The Kier molecular flexibility index (Phi) is 4.18. The molecule has 0 saturated heterocycles. The molecule has 1 aliphatic carbocycles. The van der Waals surface area contributed by atoms with E-state index < -0.39 is 0 Å². The number of anilines is 2. The summed E-state index contributed by atoms with van der Waals surface area (Å²) in [6.45, 7) is 2.94. The molecule has 2 rings (SSSR count). The van der Waals surface area contributed by atoms with Gasteiger partial charge in [0, 0.05) is 19.7 Å². The molecule has 1 saturated carbocycles. The second-order valence-corrected chi connectivity index (χ2v) is 4.80. The molecule has 1 aliphatic rings. The zero-order chi connectivity index (χ0) is 12.1. The van der Waals surface area contributed by atoms with E-state index in [4.69, 9.17) is 0 Å². The molecule has 2 N–H and O–H groups in total. The number of hydrogen-bond acceptors (Lipinski definition) is 4. The second-order valence-electron chi connectivity index (χ2n) is 4.80. The zero-order valence-electron chi connectivity index (χ0n) is 10.8. The molecule has 1 aromatic rings. The van der Waals surface area contributed by atoms with Gasteiger partial charge in [0.2, 0.25) is 0 Å². The molecular formula is C13H22N4. The van der Waals surface area contributed by atoms with E-state index in [2.05, 4.69) is 20.6 Å². The van der Waals surface area contributed by atoms with Gasteiger partial charge in [-0.25, -0.2) is 9.97 Å². The van der Waals surface area contributed by atoms with Crippen LogP contribution in [0.25, 0.3) is 0 Å². The number of aryl methyl sites for hydroxylation is 1. The van der Waals surface area contributed by atoms with Crippen molar-refractivity contribution in [3.05, 3.63) is 11.9 Å². The van der Waals surface area contributed by atoms with E-state index in [1.807, 2.05) is 20.0 Å². The lowest BCUT2D eigenvalue weighted by Gasteiger charge is -2.11. The summed E-state index contributed by atoms with van der Waals surface area (Å²) >= 11 is 0. The van der Waals surface area contributed by atoms with Crippen LogP contribution in [-0.2, 0) is 0 Å². The van der Waals surface area contributed by atoms with Crippen LogP contribution in [0.4, 0.5) is 11.6 Å². The first kappa shape index (κ1) is 12.1. The molecule has 0 amide bonds. The van der Waals surface area contributed by atoms with E-state index in [9.17, 15) is 0 Å². The lowest BCUT2D eigenvalue weighted by molar-refractivity contribution is 0.518. The molecule has 4 nitrogen and oxygen atoms in total. The topological polar surface area (TPSA) is 49.8 Å². The van der Waals surface area contributed by atoms with Gasteiger partial charge in [-0.15, -0.1) is 0 Å². The molecule has 0 spiro atoms. The average Bonchev–Trinajstić information content (AvgIpc) is 2.81. The van der Waals surface area contributed by atoms with Crippen LogP contribution in [0.3, 0.4) is 0 Å². The Hall–Kier alpha value is -1.32. The van der Waals surface area contributed by atoms with E-state index in [1.54, 1.807) is 0 Å². The van der Waals surface area contributed by atoms with Crippen molar-refractivity contribution >= 4 is 11.6 Å². The van der Waals surface area contributed by atoms with Crippen molar-refractivity contribution < 1.29 is 0 Å². The van der Waals surface area contributed by atoms with Crippen molar-refractivity contribution in [3.63, 3.8) is 0 Å². The highest BCUT2D eigenvalue weighted by atomic mass is 15.1. The number of rotatable bonds is 5. The Morgan fingerprint density at radius 3 is 2.65 bits per heavy atom. The van der Waals surface area contributed by atoms with Crippen LogP contribution < -0.4 is 10.6 Å². The van der Waals surface area contributed by atoms with E-state index in [1.165, 1.54) is 32.1 Å². The molecule has 0 radical (unpaired) electrons. The van der Waals surface area contributed by atoms with E-state index >= 15 is 0 Å². The number of hydrogen-bond donors (Lipinski definition) is 2. The molecule has 4 heteroatoms. The average molecular weight is 234 g/mol. The van der Waals surface area contributed by atoms with Gasteiger partial charge in [-0.1, -0.05) is 25.7 Å². The Morgan fingerprint density at radius 1 is 1.24 bits per heavy atom. The maximum absolute atomic E-state index is 4.38. The highest BCUT2D eigenvalue weighted by Crippen LogP contribution is 2.27. The van der Waals surface area contributed by atoms with Gasteiger partial charge in [0.1, 0.15) is 17.5 Å². The summed E-state index contributed by atoms with van der Waals surface area (Å²) in [7, 11) is 1.88. The lowest BCUT2D eigenvalue weighted by atomic mass is 10.0. The first-order chi connectivity index (χ1) is 8.28. The van der Waals surface area contributed by atoms with E-state index in [0.717, 1.165) is 29.9 Å². The molecule has 0 atom stereocenters. The van der Waals surface area contributed by atoms with Gasteiger partial charge in [-0.3, -0.25) is 0 Å². The predicted octanol–water partition coefficient (Wildman–Crippen LogP) is 2.82. The van der Waals surface area contributed by atoms with Crippen molar-refractivity contribution in [2.24, 2.45) is 5.92 Å². The standard InChI is InChI=1S/C13H22N4/c1-10-16-12(14-2)9-13(17-10)15-8-7-11-5-3-4-6-11/h9,11H,3-8H2,1-2H3,(H2,14,15,16,17). The Bertz CT molecular complexity index is 358. The summed E-state index contributed by atoms with van der Waals surface area (Å²) in [6, 6.07) is 1.96. The summed E-state index contributed by atoms with van der Waals surface area (Å²) < 4.78 is 0. The number of nitrogens with one attached hydrogen (secondary N) is 2. The van der Waals surface area contributed by atoms with Gasteiger partial charge in [0.25, 0.3) is 0 Å². The van der Waals surface area contributed by atoms with Gasteiger partial charge in [-0.2, -0.15) is 0 Å². The van der Waals surface area contributed by atoms with Crippen LogP contribution >= 0.6 is 0 Å². The summed E-state index contributed by atoms with van der Waals surface area (Å²) in [5, 5.41) is 6.44. The van der Waals surface area contributed by atoms with Gasteiger partial charge >= 0.3 is 0 Å². The van der Waals surface area contributed by atoms with Gasteiger partial charge in [0.15, 0.2) is 0 Å². The molecule has 1 heterocycles. The smallest absolute Gasteiger partial charge is 0.131 e. The second kappa shape index (κ2) is 5.84. The third kappa shape index (κ3) is 3.58. The first-order valence-corrected chi connectivity index (χ1v) is 6.55. The minimum atomic E-state index is 0.806.